The van der Waals surface area contributed by atoms with E-state index in [2.05, 4.69) is 30.8 Å². The van der Waals surface area contributed by atoms with Crippen LogP contribution in [0.4, 0.5) is 18.9 Å². The molecule has 0 aliphatic heterocycles. The van der Waals surface area contributed by atoms with Gasteiger partial charge in [-0.25, -0.2) is 0 Å². The van der Waals surface area contributed by atoms with E-state index in [1.54, 1.807) is 0 Å². The summed E-state index contributed by atoms with van der Waals surface area (Å²) in [7, 11) is 0. The van der Waals surface area contributed by atoms with Gasteiger partial charge >= 0.3 is 6.36 Å². The minimum atomic E-state index is -4.56. The molecule has 0 atom stereocenters. The molecular formula is C13H18F3NO. The van der Waals surface area contributed by atoms with Gasteiger partial charge in [-0.3, -0.25) is 4.74 Å². The summed E-state index contributed by atoms with van der Waals surface area (Å²) >= 11 is 0. The second-order valence-corrected chi connectivity index (χ2v) is 5.02. The Morgan fingerprint density at radius 3 is 2.28 bits per heavy atom. The first kappa shape index (κ1) is 14.8. The fourth-order valence-electron chi connectivity index (χ4n) is 1.64. The third kappa shape index (κ3) is 4.96. The smallest absolute Gasteiger partial charge is 0.382 e. The predicted octanol–water partition coefficient (Wildman–Crippen LogP) is 3.93. The van der Waals surface area contributed by atoms with Crippen LogP contribution in [0.25, 0.3) is 0 Å². The molecule has 5 heteroatoms. The van der Waals surface area contributed by atoms with Crippen LogP contribution in [-0.4, -0.2) is 19.5 Å². The van der Waals surface area contributed by atoms with Crippen molar-refractivity contribution in [2.45, 2.75) is 32.5 Å². The zero-order valence-corrected chi connectivity index (χ0v) is 10.8. The second-order valence-electron chi connectivity index (χ2n) is 5.02. The van der Waals surface area contributed by atoms with E-state index in [1.807, 2.05) is 24.3 Å². The number of alkyl halides is 3. The standard InChI is InChI=1S/C13H18F3NO/c1-12(2,3)10-6-4-5-7-11(10)17-8-9-18-13(14,15)16/h4-7,17H,8-9H2,1-3H3. The molecule has 2 nitrogen and oxygen atoms in total. The Hall–Kier alpha value is -1.23. The van der Waals surface area contributed by atoms with Gasteiger partial charge in [0.2, 0.25) is 0 Å². The summed E-state index contributed by atoms with van der Waals surface area (Å²) in [5.74, 6) is 0. The van der Waals surface area contributed by atoms with Crippen molar-refractivity contribution in [1.29, 1.82) is 0 Å². The highest BCUT2D eigenvalue weighted by molar-refractivity contribution is 5.54. The largest absolute Gasteiger partial charge is 0.522 e. The lowest BCUT2D eigenvalue weighted by Gasteiger charge is -2.23. The van der Waals surface area contributed by atoms with E-state index in [-0.39, 0.29) is 12.0 Å². The van der Waals surface area contributed by atoms with Gasteiger partial charge in [-0.2, -0.15) is 0 Å². The molecule has 1 aromatic rings. The molecule has 1 rings (SSSR count). The maximum atomic E-state index is 11.8. The Labute approximate surface area is 105 Å². The third-order valence-electron chi connectivity index (χ3n) is 2.42. The van der Waals surface area contributed by atoms with E-state index < -0.39 is 13.0 Å². The van der Waals surface area contributed by atoms with Crippen LogP contribution >= 0.6 is 0 Å². The van der Waals surface area contributed by atoms with Crippen LogP contribution in [0.3, 0.4) is 0 Å². The van der Waals surface area contributed by atoms with Crippen LogP contribution < -0.4 is 5.32 Å². The molecule has 0 aromatic heterocycles. The molecule has 0 saturated heterocycles. The molecule has 0 radical (unpaired) electrons. The molecule has 18 heavy (non-hydrogen) atoms. The van der Waals surface area contributed by atoms with Gasteiger partial charge in [-0.1, -0.05) is 39.0 Å². The number of ether oxygens (including phenoxy) is 1. The average Bonchev–Trinajstić information content (AvgIpc) is 2.22. The third-order valence-corrected chi connectivity index (χ3v) is 2.42. The highest BCUT2D eigenvalue weighted by Gasteiger charge is 2.28. The Balaban J connectivity index is 2.58. The van der Waals surface area contributed by atoms with Crippen molar-refractivity contribution in [2.24, 2.45) is 0 Å². The quantitative estimate of drug-likeness (QED) is 0.829. The number of rotatable bonds is 4. The molecule has 102 valence electrons. The Kier molecular flexibility index (Phi) is 4.62. The number of hydrogen-bond donors (Lipinski definition) is 1. The summed E-state index contributed by atoms with van der Waals surface area (Å²) in [5.41, 5.74) is 1.85. The molecule has 0 spiro atoms. The van der Waals surface area contributed by atoms with Gasteiger partial charge in [0.25, 0.3) is 0 Å². The maximum absolute atomic E-state index is 11.8. The summed E-state index contributed by atoms with van der Waals surface area (Å²) < 4.78 is 39.1. The van der Waals surface area contributed by atoms with Crippen LogP contribution in [0.1, 0.15) is 26.3 Å². The molecule has 0 amide bonds. The monoisotopic (exact) mass is 261 g/mol. The molecule has 0 bridgehead atoms. The molecule has 0 aliphatic carbocycles. The first-order valence-electron chi connectivity index (χ1n) is 5.74. The SMILES string of the molecule is CC(C)(C)c1ccccc1NCCOC(F)(F)F. The zero-order chi connectivity index (χ0) is 13.8. The van der Waals surface area contributed by atoms with Crippen LogP contribution in [0.15, 0.2) is 24.3 Å². The number of halogens is 3. The molecule has 0 unspecified atom stereocenters. The van der Waals surface area contributed by atoms with Gasteiger partial charge in [0, 0.05) is 12.2 Å². The summed E-state index contributed by atoms with van der Waals surface area (Å²) in [5, 5.41) is 2.97. The minimum absolute atomic E-state index is 0.0610. The average molecular weight is 261 g/mol. The first-order valence-corrected chi connectivity index (χ1v) is 5.74. The number of para-hydroxylation sites is 1. The van der Waals surface area contributed by atoms with Crippen molar-refractivity contribution >= 4 is 5.69 Å². The van der Waals surface area contributed by atoms with E-state index in [9.17, 15) is 13.2 Å². The fourth-order valence-corrected chi connectivity index (χ4v) is 1.64. The van der Waals surface area contributed by atoms with E-state index >= 15 is 0 Å². The molecule has 0 fully saturated rings. The predicted molar refractivity (Wildman–Crippen MR) is 65.6 cm³/mol. The van der Waals surface area contributed by atoms with Gasteiger partial charge in [-0.05, 0) is 17.0 Å². The molecule has 0 heterocycles. The van der Waals surface area contributed by atoms with Gasteiger partial charge in [0.05, 0.1) is 6.61 Å². The van der Waals surface area contributed by atoms with Gasteiger partial charge in [-0.15, -0.1) is 13.2 Å². The normalized spacial score (nSPS) is 12.6. The van der Waals surface area contributed by atoms with Gasteiger partial charge < -0.3 is 5.32 Å². The second kappa shape index (κ2) is 5.61. The molecule has 0 aliphatic rings. The fraction of sp³-hybridized carbons (Fsp3) is 0.538. The Bertz CT molecular complexity index is 383. The number of nitrogens with one attached hydrogen (secondary N) is 1. The van der Waals surface area contributed by atoms with E-state index in [0.717, 1.165) is 11.3 Å². The number of anilines is 1. The summed E-state index contributed by atoms with van der Waals surface area (Å²) in [6, 6.07) is 7.58. The minimum Gasteiger partial charge on any atom is -0.382 e. The lowest BCUT2D eigenvalue weighted by molar-refractivity contribution is -0.322. The number of benzene rings is 1. The maximum Gasteiger partial charge on any atom is 0.522 e. The topological polar surface area (TPSA) is 21.3 Å². The van der Waals surface area contributed by atoms with Crippen LogP contribution in [-0.2, 0) is 10.2 Å². The van der Waals surface area contributed by atoms with Gasteiger partial charge in [0.15, 0.2) is 0 Å². The van der Waals surface area contributed by atoms with Crippen LogP contribution in [0.2, 0.25) is 0 Å². The van der Waals surface area contributed by atoms with Crippen molar-refractivity contribution < 1.29 is 17.9 Å². The Morgan fingerprint density at radius 1 is 1.11 bits per heavy atom. The van der Waals surface area contributed by atoms with E-state index in [1.165, 1.54) is 0 Å². The van der Waals surface area contributed by atoms with Crippen molar-refractivity contribution in [1.82, 2.24) is 0 Å². The van der Waals surface area contributed by atoms with E-state index in [4.69, 9.17) is 0 Å². The van der Waals surface area contributed by atoms with Crippen molar-refractivity contribution in [2.75, 3.05) is 18.5 Å². The van der Waals surface area contributed by atoms with Crippen LogP contribution in [0.5, 0.6) is 0 Å². The summed E-state index contributed by atoms with van der Waals surface area (Å²) in [4.78, 5) is 0. The summed E-state index contributed by atoms with van der Waals surface area (Å²) in [6.45, 7) is 5.88. The Morgan fingerprint density at radius 2 is 1.72 bits per heavy atom. The van der Waals surface area contributed by atoms with E-state index in [0.29, 0.717) is 0 Å². The van der Waals surface area contributed by atoms with Crippen LogP contribution in [0, 0.1) is 0 Å². The van der Waals surface area contributed by atoms with Gasteiger partial charge in [0.1, 0.15) is 0 Å². The highest BCUT2D eigenvalue weighted by Crippen LogP contribution is 2.29. The van der Waals surface area contributed by atoms with Crippen molar-refractivity contribution in [3.63, 3.8) is 0 Å². The molecular weight excluding hydrogens is 243 g/mol. The molecule has 1 N–H and O–H groups in total. The zero-order valence-electron chi connectivity index (χ0n) is 10.8. The first-order chi connectivity index (χ1) is 8.20. The number of hydrogen-bond acceptors (Lipinski definition) is 2. The molecule has 1 aromatic carbocycles. The summed E-state index contributed by atoms with van der Waals surface area (Å²) in [6.07, 6.45) is -4.56. The highest BCUT2D eigenvalue weighted by atomic mass is 19.4. The van der Waals surface area contributed by atoms with Crippen molar-refractivity contribution in [3.05, 3.63) is 29.8 Å². The lowest BCUT2D eigenvalue weighted by Crippen LogP contribution is -2.21. The lowest BCUT2D eigenvalue weighted by atomic mass is 9.86. The molecule has 0 saturated carbocycles. The van der Waals surface area contributed by atoms with Crippen molar-refractivity contribution in [3.8, 4) is 0 Å².